The number of hydrogen-bond acceptors (Lipinski definition) is 23. The van der Waals surface area contributed by atoms with Gasteiger partial charge in [0, 0.05) is 126 Å². The normalized spacial score (nSPS) is 18.9. The SMILES string of the molecule is CC(=O)C[C@H](NC(=O)[C@H](CC(C)C)n1ccc(C)cc1=O)c1cncc(N2CCCC[C@@H]2C)c1.CC(=O)C[C@H](NC(=O)[C@H](CC(C)C)n1ccc(C)cc1=O)c1cncc(N2CC[C@H](C3CC3)C2)c1.CC(=O)C[C@H](NC(=O)[C@H](CC(C)C)n1cnc2ccccc2c1=O)c1cncc(N2CC3CCC2C3)c1.CC(=O)C[C@H](NC(=O)[C@H](CC(C)C)n1cnc2ccccc2c1=O)c1cncc(N2CCOC[C@@H]2C)c1. The van der Waals surface area contributed by atoms with E-state index in [2.05, 4.69) is 96.8 Å². The van der Waals surface area contributed by atoms with Gasteiger partial charge in [0.25, 0.3) is 22.2 Å². The number of ether oxygens (including phenoxy) is 1. The van der Waals surface area contributed by atoms with Crippen molar-refractivity contribution in [3.05, 3.63) is 246 Å². The summed E-state index contributed by atoms with van der Waals surface area (Å²) in [5.74, 6) is 1.86. The van der Waals surface area contributed by atoms with Gasteiger partial charge in [0.15, 0.2) is 0 Å². The number of para-hydroxylation sites is 2. The van der Waals surface area contributed by atoms with Crippen molar-refractivity contribution in [2.75, 3.05) is 65.5 Å². The Balaban J connectivity index is 0.000000160. The summed E-state index contributed by atoms with van der Waals surface area (Å²) in [6.07, 6.45) is 34.3. The number of carbonyl (C=O) groups is 8. The van der Waals surface area contributed by atoms with Gasteiger partial charge in [-0.05, 0) is 274 Å². The molecule has 13 atom stereocenters. The van der Waals surface area contributed by atoms with Gasteiger partial charge < -0.3 is 54.7 Å². The molecule has 4 saturated heterocycles. The largest absolute Gasteiger partial charge is 0.377 e. The van der Waals surface area contributed by atoms with Crippen LogP contribution in [0.2, 0.25) is 0 Å². The van der Waals surface area contributed by atoms with Crippen LogP contribution in [-0.2, 0) is 43.1 Å². The topological polar surface area (TPSA) is 372 Å². The number of aryl methyl sites for hydroxylation is 2. The zero-order valence-corrected chi connectivity index (χ0v) is 86.1. The molecule has 4 aliphatic heterocycles. The molecule has 4 N–H and O–H groups in total. The lowest BCUT2D eigenvalue weighted by Gasteiger charge is -2.35. The van der Waals surface area contributed by atoms with Crippen LogP contribution in [0.15, 0.2) is 191 Å². The molecule has 2 unspecified atom stereocenters. The van der Waals surface area contributed by atoms with E-state index in [9.17, 15) is 57.5 Å². The molecular formula is C112H146N18O13. The van der Waals surface area contributed by atoms with Gasteiger partial charge in [0.05, 0.1) is 119 Å². The van der Waals surface area contributed by atoms with E-state index in [0.29, 0.717) is 72.8 Å². The van der Waals surface area contributed by atoms with Crippen LogP contribution in [0.3, 0.4) is 0 Å². The number of aromatic nitrogens is 10. The van der Waals surface area contributed by atoms with Gasteiger partial charge in [0.2, 0.25) is 23.6 Å². The van der Waals surface area contributed by atoms with E-state index in [4.69, 9.17) is 4.74 Å². The molecule has 6 fully saturated rings. The molecule has 6 aliphatic rings. The second kappa shape index (κ2) is 49.8. The highest BCUT2D eigenvalue weighted by Gasteiger charge is 2.41. The quantitative estimate of drug-likeness (QED) is 0.0281. The number of nitrogens with zero attached hydrogens (tertiary/aromatic N) is 14. The van der Waals surface area contributed by atoms with E-state index in [-0.39, 0.29) is 124 Å². The monoisotopic (exact) mass is 1950 g/mol. The molecule has 2 aliphatic carbocycles. The number of rotatable bonds is 37. The van der Waals surface area contributed by atoms with Gasteiger partial charge in [-0.1, -0.05) is 79.7 Å². The highest BCUT2D eigenvalue weighted by molar-refractivity contribution is 5.87. The first-order valence-corrected chi connectivity index (χ1v) is 51.3. The number of anilines is 4. The number of carbonyl (C=O) groups excluding carboxylic acids is 8. The maximum absolute atomic E-state index is 13.7. The molecule has 16 rings (SSSR count). The van der Waals surface area contributed by atoms with Gasteiger partial charge in [-0.15, -0.1) is 0 Å². The molecule has 4 amide bonds. The van der Waals surface area contributed by atoms with Crippen molar-refractivity contribution >= 4 is 91.3 Å². The van der Waals surface area contributed by atoms with E-state index in [1.165, 1.54) is 104 Å². The van der Waals surface area contributed by atoms with E-state index in [0.717, 1.165) is 119 Å². The first-order chi connectivity index (χ1) is 68.4. The average Bonchev–Trinajstić information content (AvgIpc) is 1.77. The zero-order valence-electron chi connectivity index (χ0n) is 86.1. The number of morpholine rings is 1. The number of pyridine rings is 6. The Hall–Kier alpha value is -13.1. The molecule has 10 aromatic rings. The molecule has 143 heavy (non-hydrogen) atoms. The lowest BCUT2D eigenvalue weighted by atomic mass is 9.98. The molecule has 0 radical (unpaired) electrons. The predicted octanol–water partition coefficient (Wildman–Crippen LogP) is 16.2. The molecule has 8 aromatic heterocycles. The second-order valence-electron chi connectivity index (χ2n) is 42.2. The Morgan fingerprint density at radius 2 is 0.783 bits per heavy atom. The second-order valence-corrected chi connectivity index (χ2v) is 42.2. The fourth-order valence-electron chi connectivity index (χ4n) is 20.7. The molecule has 31 nitrogen and oxygen atoms in total. The van der Waals surface area contributed by atoms with E-state index in [1.807, 2.05) is 124 Å². The Bertz CT molecular complexity index is 6200. The van der Waals surface area contributed by atoms with Crippen LogP contribution >= 0.6 is 0 Å². The first kappa shape index (κ1) is 107. The lowest BCUT2D eigenvalue weighted by Crippen LogP contribution is -2.44. The number of nitrogens with one attached hydrogen (secondary N) is 4. The molecule has 2 bridgehead atoms. The summed E-state index contributed by atoms with van der Waals surface area (Å²) in [6, 6.07) is 25.4. The van der Waals surface area contributed by atoms with Crippen molar-refractivity contribution in [2.45, 2.75) is 286 Å². The summed E-state index contributed by atoms with van der Waals surface area (Å²) >= 11 is 0. The lowest BCUT2D eigenvalue weighted by molar-refractivity contribution is -0.127. The smallest absolute Gasteiger partial charge is 0.261 e. The number of amides is 4. The summed E-state index contributed by atoms with van der Waals surface area (Å²) < 4.78 is 11.4. The van der Waals surface area contributed by atoms with Crippen molar-refractivity contribution < 1.29 is 43.1 Å². The minimum atomic E-state index is -0.769. The first-order valence-electron chi connectivity index (χ1n) is 51.3. The number of benzene rings is 2. The van der Waals surface area contributed by atoms with Crippen molar-refractivity contribution in [2.24, 2.45) is 41.4 Å². The van der Waals surface area contributed by atoms with Crippen molar-refractivity contribution in [1.82, 2.24) is 69.4 Å². The number of fused-ring (bicyclic) bond motifs is 4. The molecular weight excluding hydrogens is 1810 g/mol. The number of ketones is 4. The predicted molar refractivity (Wildman–Crippen MR) is 558 cm³/mol. The Labute approximate surface area is 839 Å². The fraction of sp³-hybridized carbons (Fsp3) is 0.518. The molecule has 2 saturated carbocycles. The summed E-state index contributed by atoms with van der Waals surface area (Å²) in [5, 5.41) is 13.2. The van der Waals surface area contributed by atoms with Crippen molar-refractivity contribution in [3.63, 3.8) is 0 Å². The van der Waals surface area contributed by atoms with E-state index < -0.39 is 48.3 Å². The molecule has 2 aromatic carbocycles. The van der Waals surface area contributed by atoms with Gasteiger partial charge in [-0.25, -0.2) is 9.97 Å². The van der Waals surface area contributed by atoms with Crippen LogP contribution in [-0.4, -0.2) is 159 Å². The van der Waals surface area contributed by atoms with Crippen LogP contribution in [0.25, 0.3) is 21.8 Å². The Morgan fingerprint density at radius 3 is 1.15 bits per heavy atom. The van der Waals surface area contributed by atoms with Crippen LogP contribution in [0, 0.1) is 55.3 Å². The maximum atomic E-state index is 13.7. The third-order valence-electron chi connectivity index (χ3n) is 28.2. The van der Waals surface area contributed by atoms with E-state index in [1.54, 1.807) is 91.9 Å². The van der Waals surface area contributed by atoms with Gasteiger partial charge in [0.1, 0.15) is 47.3 Å². The number of hydrogen-bond donors (Lipinski definition) is 4. The molecule has 31 heteroatoms. The summed E-state index contributed by atoms with van der Waals surface area (Å²) in [5.41, 5.74) is 9.18. The maximum Gasteiger partial charge on any atom is 0.261 e. The minimum Gasteiger partial charge on any atom is -0.377 e. The van der Waals surface area contributed by atoms with Crippen LogP contribution < -0.4 is 63.1 Å². The average molecular weight is 1950 g/mol. The van der Waals surface area contributed by atoms with Crippen LogP contribution in [0.4, 0.5) is 22.7 Å². The van der Waals surface area contributed by atoms with Crippen molar-refractivity contribution in [3.8, 4) is 0 Å². The summed E-state index contributed by atoms with van der Waals surface area (Å²) in [7, 11) is 0. The molecule has 12 heterocycles. The Morgan fingerprint density at radius 1 is 0.399 bits per heavy atom. The summed E-state index contributed by atoms with van der Waals surface area (Å²) in [6.45, 7) is 36.4. The molecule has 762 valence electrons. The van der Waals surface area contributed by atoms with Crippen molar-refractivity contribution in [1.29, 1.82) is 0 Å². The van der Waals surface area contributed by atoms with Gasteiger partial charge >= 0.3 is 0 Å². The third-order valence-corrected chi connectivity index (χ3v) is 28.2. The van der Waals surface area contributed by atoms with Crippen LogP contribution in [0.1, 0.15) is 288 Å². The standard InChI is InChI=1S/C29H35N5O3.C28H35N5O4.C28H38N4O3.C27H38N4O3/c1-18(2)10-27(34-17-31-25-7-5-4-6-24(25)29(34)37)28(36)32-26(11-19(3)35)21-13-23(15-30-14-21)33-16-20-8-9-22(33)12-20;1-18(2)11-26(33-17-30-24-8-6-5-7-23(24)28(33)36)27(35)31-25(12-20(4)34)21-13-22(15-29-14-21)32-9-10-37-16-19(32)3;1-18(2)11-26(32-10-7-19(3)12-27(32)34)28(35)30-25(13-20(4)33)23-14-24(16-29-15-23)31-9-8-22(17-31)21-5-6-21;1-18(2)12-25(31-11-9-19(3)13-26(31)33)27(34)29-24(14-21(5)32)22-15-23(17-28-16-22)30-10-7-6-8-20(30)4/h4-7,13-15,17-18,20,22,26-27H,8-12,16H2,1-3H3,(H,32,36);5-8,13-15,17-19,25-26H,9-12,16H2,1-4H3,(H,31,35);7,10,12,14-16,18,21-22,25-26H,5-6,8-9,11,13,17H2,1-4H3,(H,30,35);9,11,13,15-18,20,24-25H,6-8,10,12,14H2,1-5H3,(H,29,34)/t20?,22?,26-,27-;19-,25-,26-;22-,25-,26-;20-,24-,25-/m0000/s1. The van der Waals surface area contributed by atoms with Gasteiger partial charge in [-0.2, -0.15) is 0 Å². The highest BCUT2D eigenvalue weighted by Crippen LogP contribution is 2.44. The minimum absolute atomic E-state index is 0.0106. The molecule has 0 spiro atoms. The third kappa shape index (κ3) is 28.9. The zero-order chi connectivity index (χ0) is 103. The number of Topliss-reactive ketones (excluding diaryl/α,β-unsaturated/α-hetero) is 4. The Kier molecular flexibility index (Phi) is 37.3. The summed E-state index contributed by atoms with van der Waals surface area (Å²) in [4.78, 5) is 191. The highest BCUT2D eigenvalue weighted by atomic mass is 16.5. The fourth-order valence-corrected chi connectivity index (χ4v) is 20.7. The number of piperidine rings is 2. The van der Waals surface area contributed by atoms with Gasteiger partial charge in [-0.3, -0.25) is 86.6 Å². The van der Waals surface area contributed by atoms with E-state index >= 15 is 0 Å². The van der Waals surface area contributed by atoms with Crippen LogP contribution in [0.5, 0.6) is 0 Å².